The fourth-order valence-corrected chi connectivity index (χ4v) is 7.28. The standard InChI is InChI=1S/C27H27ClN4O6S2/c1-3-37-27(34)30-10-12-31(13-11-30)40(35,36)22-8-6-19(7-9-22)25(33)32(17-21-5-4-14-38-21)26-29-24-18(2)15-20(28)16-23(24)39-26/h4-9,14-16H,3,10-13,17H2,1-2H3. The predicted octanol–water partition coefficient (Wildman–Crippen LogP) is 5.16. The van der Waals surface area contributed by atoms with E-state index in [0.717, 1.165) is 15.8 Å². The molecule has 10 nitrogen and oxygen atoms in total. The van der Waals surface area contributed by atoms with E-state index in [1.54, 1.807) is 19.1 Å². The lowest BCUT2D eigenvalue weighted by atomic mass is 10.2. The maximum absolute atomic E-state index is 13.7. The molecule has 2 aromatic carbocycles. The number of aryl methyl sites for hydroxylation is 1. The zero-order valence-electron chi connectivity index (χ0n) is 21.9. The number of piperazine rings is 1. The van der Waals surface area contributed by atoms with E-state index in [9.17, 15) is 18.0 Å². The van der Waals surface area contributed by atoms with E-state index in [1.807, 2.05) is 19.1 Å². The molecule has 0 bridgehead atoms. The number of nitrogens with zero attached hydrogens (tertiary/aromatic N) is 4. The van der Waals surface area contributed by atoms with Gasteiger partial charge in [0.1, 0.15) is 5.76 Å². The summed E-state index contributed by atoms with van der Waals surface area (Å²) in [5.41, 5.74) is 1.95. The van der Waals surface area contributed by atoms with Gasteiger partial charge in [0.25, 0.3) is 5.91 Å². The van der Waals surface area contributed by atoms with Gasteiger partial charge in [0.05, 0.1) is 34.5 Å². The molecule has 4 aromatic rings. The summed E-state index contributed by atoms with van der Waals surface area (Å²) in [4.78, 5) is 33.5. The number of aromatic nitrogens is 1. The van der Waals surface area contributed by atoms with E-state index in [4.69, 9.17) is 25.7 Å². The molecule has 1 aliphatic rings. The van der Waals surface area contributed by atoms with Gasteiger partial charge in [0.2, 0.25) is 10.0 Å². The number of anilines is 1. The number of carbonyl (C=O) groups is 2. The van der Waals surface area contributed by atoms with Gasteiger partial charge in [-0.1, -0.05) is 22.9 Å². The molecule has 0 unspecified atom stereocenters. The first-order chi connectivity index (χ1) is 19.2. The summed E-state index contributed by atoms with van der Waals surface area (Å²) in [7, 11) is -3.81. The van der Waals surface area contributed by atoms with Crippen molar-refractivity contribution in [3.63, 3.8) is 0 Å². The van der Waals surface area contributed by atoms with E-state index in [0.29, 0.717) is 21.5 Å². The number of halogens is 1. The number of amides is 2. The van der Waals surface area contributed by atoms with Crippen LogP contribution in [0.4, 0.5) is 9.93 Å². The highest BCUT2D eigenvalue weighted by Crippen LogP contribution is 2.34. The SMILES string of the molecule is CCOC(=O)N1CCN(S(=O)(=O)c2ccc(C(=O)N(Cc3ccco3)c3nc4c(C)cc(Cl)cc4s3)cc2)CC1. The molecule has 1 aliphatic heterocycles. The van der Waals surface area contributed by atoms with Crippen LogP contribution in [0.15, 0.2) is 64.1 Å². The van der Waals surface area contributed by atoms with Gasteiger partial charge in [-0.15, -0.1) is 0 Å². The lowest BCUT2D eigenvalue weighted by Gasteiger charge is -2.33. The molecule has 5 rings (SSSR count). The Balaban J connectivity index is 1.38. The normalized spacial score (nSPS) is 14.4. The van der Waals surface area contributed by atoms with Crippen molar-refractivity contribution in [1.82, 2.24) is 14.2 Å². The van der Waals surface area contributed by atoms with Gasteiger partial charge < -0.3 is 14.1 Å². The van der Waals surface area contributed by atoms with Gasteiger partial charge in [0, 0.05) is 36.8 Å². The minimum absolute atomic E-state index is 0.0662. The number of fused-ring (bicyclic) bond motifs is 1. The Labute approximate surface area is 240 Å². The minimum Gasteiger partial charge on any atom is -0.467 e. The van der Waals surface area contributed by atoms with Crippen LogP contribution in [-0.4, -0.2) is 67.4 Å². The van der Waals surface area contributed by atoms with Crippen LogP contribution in [0.1, 0.15) is 28.6 Å². The van der Waals surface area contributed by atoms with Gasteiger partial charge in [-0.3, -0.25) is 9.69 Å². The molecule has 13 heteroatoms. The second-order valence-corrected chi connectivity index (χ2v) is 12.5. The average molecular weight is 603 g/mol. The second kappa shape index (κ2) is 11.6. The number of sulfonamides is 1. The van der Waals surface area contributed by atoms with E-state index >= 15 is 0 Å². The highest BCUT2D eigenvalue weighted by Gasteiger charge is 2.31. The van der Waals surface area contributed by atoms with Crippen LogP contribution in [0.5, 0.6) is 0 Å². The molecule has 40 heavy (non-hydrogen) atoms. The molecule has 0 spiro atoms. The molecular formula is C27H27ClN4O6S2. The number of ether oxygens (including phenoxy) is 1. The first kappa shape index (κ1) is 28.1. The fraction of sp³-hybridized carbons (Fsp3) is 0.296. The van der Waals surface area contributed by atoms with Crippen LogP contribution in [-0.2, 0) is 21.3 Å². The fourth-order valence-electron chi connectivity index (χ4n) is 4.44. The number of rotatable bonds is 7. The molecule has 0 radical (unpaired) electrons. The van der Waals surface area contributed by atoms with Crippen LogP contribution >= 0.6 is 22.9 Å². The van der Waals surface area contributed by atoms with Gasteiger partial charge in [-0.25, -0.2) is 18.2 Å². The molecule has 0 aliphatic carbocycles. The Morgan fingerprint density at radius 1 is 1.12 bits per heavy atom. The third kappa shape index (κ3) is 5.71. The molecular weight excluding hydrogens is 576 g/mol. The zero-order chi connectivity index (χ0) is 28.4. The molecule has 0 atom stereocenters. The molecule has 0 N–H and O–H groups in total. The van der Waals surface area contributed by atoms with Crippen molar-refractivity contribution < 1.29 is 27.2 Å². The van der Waals surface area contributed by atoms with Gasteiger partial charge >= 0.3 is 6.09 Å². The third-order valence-corrected chi connectivity index (χ3v) is 9.67. The third-order valence-electron chi connectivity index (χ3n) is 6.51. The van der Waals surface area contributed by atoms with E-state index in [1.165, 1.54) is 56.0 Å². The van der Waals surface area contributed by atoms with Gasteiger partial charge in [-0.05, 0) is 67.9 Å². The zero-order valence-corrected chi connectivity index (χ0v) is 24.3. The quantitative estimate of drug-likeness (QED) is 0.287. The monoisotopic (exact) mass is 602 g/mol. The van der Waals surface area contributed by atoms with Crippen LogP contribution in [0, 0.1) is 6.92 Å². The number of carbonyl (C=O) groups excluding carboxylic acids is 2. The van der Waals surface area contributed by atoms with Crippen LogP contribution in [0.2, 0.25) is 5.02 Å². The van der Waals surface area contributed by atoms with Gasteiger partial charge in [-0.2, -0.15) is 4.31 Å². The molecule has 3 heterocycles. The Hall–Kier alpha value is -3.45. The van der Waals surface area contributed by atoms with Crippen molar-refractivity contribution in [3.8, 4) is 0 Å². The average Bonchev–Trinajstić information content (AvgIpc) is 3.62. The molecule has 1 fully saturated rings. The first-order valence-corrected chi connectivity index (χ1v) is 15.2. The number of hydrogen-bond acceptors (Lipinski definition) is 8. The number of furan rings is 1. The number of hydrogen-bond donors (Lipinski definition) is 0. The van der Waals surface area contributed by atoms with Crippen LogP contribution < -0.4 is 4.90 Å². The lowest BCUT2D eigenvalue weighted by Crippen LogP contribution is -2.50. The van der Waals surface area contributed by atoms with Gasteiger partial charge in [0.15, 0.2) is 5.13 Å². The second-order valence-electron chi connectivity index (χ2n) is 9.15. The number of thiazole rings is 1. The maximum Gasteiger partial charge on any atom is 0.409 e. The molecule has 0 saturated carbocycles. The Morgan fingerprint density at radius 2 is 1.85 bits per heavy atom. The molecule has 1 saturated heterocycles. The summed E-state index contributed by atoms with van der Waals surface area (Å²) in [6, 6.07) is 13.0. The summed E-state index contributed by atoms with van der Waals surface area (Å²) in [5.74, 6) is 0.217. The summed E-state index contributed by atoms with van der Waals surface area (Å²) in [6.07, 6.45) is 1.08. The lowest BCUT2D eigenvalue weighted by molar-refractivity contribution is 0.0933. The number of benzene rings is 2. The summed E-state index contributed by atoms with van der Waals surface area (Å²) < 4.78 is 39.2. The summed E-state index contributed by atoms with van der Waals surface area (Å²) in [6.45, 7) is 4.81. The van der Waals surface area contributed by atoms with E-state index < -0.39 is 16.1 Å². The highest BCUT2D eigenvalue weighted by atomic mass is 35.5. The maximum atomic E-state index is 13.7. The molecule has 2 amide bonds. The van der Waals surface area contributed by atoms with Crippen molar-refractivity contribution in [1.29, 1.82) is 0 Å². The highest BCUT2D eigenvalue weighted by molar-refractivity contribution is 7.89. The summed E-state index contributed by atoms with van der Waals surface area (Å²) >= 11 is 7.57. The summed E-state index contributed by atoms with van der Waals surface area (Å²) in [5, 5.41) is 1.06. The van der Waals surface area contributed by atoms with Crippen molar-refractivity contribution >= 4 is 60.3 Å². The minimum atomic E-state index is -3.81. The molecule has 210 valence electrons. The first-order valence-electron chi connectivity index (χ1n) is 12.6. The molecule has 2 aromatic heterocycles. The predicted molar refractivity (Wildman–Crippen MR) is 152 cm³/mol. The Bertz CT molecular complexity index is 1630. The van der Waals surface area contributed by atoms with Crippen molar-refractivity contribution in [2.45, 2.75) is 25.3 Å². The Morgan fingerprint density at radius 3 is 2.50 bits per heavy atom. The van der Waals surface area contributed by atoms with Crippen LogP contribution in [0.25, 0.3) is 10.2 Å². The van der Waals surface area contributed by atoms with Crippen molar-refractivity contribution in [2.24, 2.45) is 0 Å². The Kier molecular flexibility index (Phi) is 8.13. The topological polar surface area (TPSA) is 113 Å². The largest absolute Gasteiger partial charge is 0.467 e. The smallest absolute Gasteiger partial charge is 0.409 e. The van der Waals surface area contributed by atoms with Crippen molar-refractivity contribution in [2.75, 3.05) is 37.7 Å². The van der Waals surface area contributed by atoms with E-state index in [-0.39, 0.29) is 50.1 Å². The van der Waals surface area contributed by atoms with Crippen molar-refractivity contribution in [3.05, 3.63) is 76.7 Å². The van der Waals surface area contributed by atoms with Crippen LogP contribution in [0.3, 0.4) is 0 Å². The van der Waals surface area contributed by atoms with E-state index in [2.05, 4.69) is 0 Å².